The molecular weight excluding hydrogens is 449 g/mol. The van der Waals surface area contributed by atoms with Crippen LogP contribution in [-0.4, -0.2) is 42.1 Å². The molecule has 1 saturated heterocycles. The molecule has 4 nitrogen and oxygen atoms in total. The minimum atomic E-state index is -2.20. The van der Waals surface area contributed by atoms with E-state index in [0.717, 1.165) is 10.5 Å². The minimum Gasteiger partial charge on any atom is -0.363 e. The summed E-state index contributed by atoms with van der Waals surface area (Å²) >= 11 is 11.2. The zero-order valence-corrected chi connectivity index (χ0v) is 17.1. The fraction of sp³-hybridized carbons (Fsp3) is 0.263. The van der Waals surface area contributed by atoms with Gasteiger partial charge in [0.25, 0.3) is 5.91 Å². The van der Waals surface area contributed by atoms with Crippen LogP contribution in [0.1, 0.15) is 15.9 Å². The summed E-state index contributed by atoms with van der Waals surface area (Å²) in [6.07, 6.45) is 0. The molecule has 0 unspecified atom stereocenters. The maximum Gasteiger partial charge on any atom is 0.257 e. The fourth-order valence-corrected chi connectivity index (χ4v) is 3.44. The van der Waals surface area contributed by atoms with Gasteiger partial charge < -0.3 is 9.80 Å². The summed E-state index contributed by atoms with van der Waals surface area (Å²) in [5.74, 6) is -10.4. The van der Waals surface area contributed by atoms with Gasteiger partial charge in [-0.1, -0.05) is 17.7 Å². The maximum absolute atomic E-state index is 14.0. The predicted octanol–water partition coefficient (Wildman–Crippen LogP) is 4.18. The Balaban J connectivity index is 1.66. The Labute approximate surface area is 179 Å². The van der Waals surface area contributed by atoms with E-state index in [4.69, 9.17) is 23.8 Å². The Kier molecular flexibility index (Phi) is 6.47. The van der Waals surface area contributed by atoms with Gasteiger partial charge in [-0.3, -0.25) is 10.1 Å². The van der Waals surface area contributed by atoms with E-state index in [9.17, 15) is 26.7 Å². The van der Waals surface area contributed by atoms with Gasteiger partial charge in [0.15, 0.2) is 28.4 Å². The summed E-state index contributed by atoms with van der Waals surface area (Å²) in [5.41, 5.74) is 0.128. The van der Waals surface area contributed by atoms with Crippen molar-refractivity contribution < 1.29 is 26.7 Å². The molecule has 0 aromatic heterocycles. The van der Waals surface area contributed by atoms with Crippen LogP contribution in [0.3, 0.4) is 0 Å². The average molecular weight is 464 g/mol. The van der Waals surface area contributed by atoms with E-state index in [0.29, 0.717) is 10.6 Å². The highest BCUT2D eigenvalue weighted by Crippen LogP contribution is 2.30. The van der Waals surface area contributed by atoms with E-state index in [1.165, 1.54) is 6.07 Å². The van der Waals surface area contributed by atoms with Crippen molar-refractivity contribution in [2.24, 2.45) is 0 Å². The molecule has 1 fully saturated rings. The quantitative estimate of drug-likeness (QED) is 0.314. The van der Waals surface area contributed by atoms with Crippen LogP contribution in [0.5, 0.6) is 0 Å². The van der Waals surface area contributed by atoms with Gasteiger partial charge in [-0.05, 0) is 36.8 Å². The summed E-state index contributed by atoms with van der Waals surface area (Å²) in [5, 5.41) is 3.04. The normalized spacial score (nSPS) is 14.1. The Morgan fingerprint density at radius 3 is 2.03 bits per heavy atom. The second-order valence-electron chi connectivity index (χ2n) is 6.62. The Bertz CT molecular complexity index is 999. The van der Waals surface area contributed by atoms with Gasteiger partial charge in [0.05, 0.1) is 0 Å². The molecule has 30 heavy (non-hydrogen) atoms. The van der Waals surface area contributed by atoms with Crippen LogP contribution in [0.25, 0.3) is 0 Å². The summed E-state index contributed by atoms with van der Waals surface area (Å²) in [6, 6.07) is 4.76. The molecule has 0 aliphatic carbocycles. The van der Waals surface area contributed by atoms with Crippen molar-refractivity contribution in [1.82, 2.24) is 10.2 Å². The SMILES string of the molecule is Cc1ccc(C(=O)NC(=S)N2CCN(c3c(F)c(F)c(F)c(F)c3F)CC2)cc1Cl. The highest BCUT2D eigenvalue weighted by atomic mass is 35.5. The number of hydrogen-bond acceptors (Lipinski definition) is 3. The third kappa shape index (κ3) is 4.20. The van der Waals surface area contributed by atoms with Gasteiger partial charge in [-0.25, -0.2) is 22.0 Å². The minimum absolute atomic E-state index is 0.0648. The van der Waals surface area contributed by atoms with Crippen molar-refractivity contribution in [1.29, 1.82) is 0 Å². The number of halogens is 6. The summed E-state index contributed by atoms with van der Waals surface area (Å²) < 4.78 is 68.1. The number of aryl methyl sites for hydroxylation is 1. The van der Waals surface area contributed by atoms with Crippen molar-refractivity contribution >= 4 is 40.5 Å². The van der Waals surface area contributed by atoms with E-state index in [1.54, 1.807) is 24.0 Å². The molecule has 1 amide bonds. The van der Waals surface area contributed by atoms with Gasteiger partial charge >= 0.3 is 0 Å². The predicted molar refractivity (Wildman–Crippen MR) is 106 cm³/mol. The number of hydrogen-bond donors (Lipinski definition) is 1. The third-order valence-corrected chi connectivity index (χ3v) is 5.49. The molecule has 1 aliphatic rings. The van der Waals surface area contributed by atoms with Crippen LogP contribution in [0.2, 0.25) is 5.02 Å². The lowest BCUT2D eigenvalue weighted by atomic mass is 10.1. The van der Waals surface area contributed by atoms with E-state index in [-0.39, 0.29) is 31.3 Å². The largest absolute Gasteiger partial charge is 0.363 e. The monoisotopic (exact) mass is 463 g/mol. The molecule has 0 spiro atoms. The van der Waals surface area contributed by atoms with E-state index in [2.05, 4.69) is 5.32 Å². The van der Waals surface area contributed by atoms with Crippen molar-refractivity contribution in [3.05, 3.63) is 63.4 Å². The second kappa shape index (κ2) is 8.73. The summed E-state index contributed by atoms with van der Waals surface area (Å²) in [4.78, 5) is 14.9. The van der Waals surface area contributed by atoms with E-state index in [1.807, 2.05) is 0 Å². The van der Waals surface area contributed by atoms with Crippen molar-refractivity contribution in [2.75, 3.05) is 31.1 Å². The molecule has 3 rings (SSSR count). The maximum atomic E-state index is 14.0. The molecule has 1 N–H and O–H groups in total. The molecular formula is C19H15ClF5N3OS. The molecule has 0 radical (unpaired) electrons. The third-order valence-electron chi connectivity index (χ3n) is 4.72. The smallest absolute Gasteiger partial charge is 0.257 e. The van der Waals surface area contributed by atoms with Gasteiger partial charge in [0, 0.05) is 36.8 Å². The molecule has 0 saturated carbocycles. The molecule has 2 aromatic carbocycles. The van der Waals surface area contributed by atoms with Crippen LogP contribution >= 0.6 is 23.8 Å². The number of rotatable bonds is 2. The fourth-order valence-electron chi connectivity index (χ4n) is 2.99. The van der Waals surface area contributed by atoms with Crippen molar-refractivity contribution in [3.63, 3.8) is 0 Å². The highest BCUT2D eigenvalue weighted by Gasteiger charge is 2.31. The molecule has 1 heterocycles. The van der Waals surface area contributed by atoms with Crippen LogP contribution in [0, 0.1) is 36.0 Å². The van der Waals surface area contributed by atoms with Gasteiger partial charge in [0.1, 0.15) is 5.69 Å². The topological polar surface area (TPSA) is 35.6 Å². The first-order valence-electron chi connectivity index (χ1n) is 8.74. The van der Waals surface area contributed by atoms with Crippen LogP contribution in [0.4, 0.5) is 27.6 Å². The summed E-state index contributed by atoms with van der Waals surface area (Å²) in [6.45, 7) is 1.87. The number of nitrogens with zero attached hydrogens (tertiary/aromatic N) is 2. The van der Waals surface area contributed by atoms with Crippen molar-refractivity contribution in [3.8, 4) is 0 Å². The molecule has 2 aromatic rings. The zero-order valence-electron chi connectivity index (χ0n) is 15.5. The Morgan fingerprint density at radius 2 is 1.50 bits per heavy atom. The van der Waals surface area contributed by atoms with Crippen LogP contribution in [0.15, 0.2) is 18.2 Å². The average Bonchev–Trinajstić information content (AvgIpc) is 2.73. The number of benzene rings is 2. The van der Waals surface area contributed by atoms with Crippen molar-refractivity contribution in [2.45, 2.75) is 6.92 Å². The summed E-state index contributed by atoms with van der Waals surface area (Å²) in [7, 11) is 0. The molecule has 1 aliphatic heterocycles. The number of carbonyl (C=O) groups is 1. The van der Waals surface area contributed by atoms with E-state index >= 15 is 0 Å². The van der Waals surface area contributed by atoms with Crippen LogP contribution < -0.4 is 10.2 Å². The first-order valence-corrected chi connectivity index (χ1v) is 9.53. The molecule has 0 bridgehead atoms. The number of amides is 1. The zero-order chi connectivity index (χ0) is 22.2. The van der Waals surface area contributed by atoms with Gasteiger partial charge in [0.2, 0.25) is 5.82 Å². The second-order valence-corrected chi connectivity index (χ2v) is 7.41. The first kappa shape index (κ1) is 22.2. The van der Waals surface area contributed by atoms with Crippen LogP contribution in [-0.2, 0) is 0 Å². The molecule has 160 valence electrons. The number of anilines is 1. The lowest BCUT2D eigenvalue weighted by molar-refractivity contribution is 0.0973. The number of piperazine rings is 1. The standard InChI is InChI=1S/C19H15ClF5N3OS/c1-9-2-3-10(8-11(9)20)18(29)26-19(30)28-6-4-27(5-7-28)17-15(24)13(22)12(21)14(23)16(17)25/h2-3,8H,4-7H2,1H3,(H,26,29,30). The Hall–Kier alpha value is -2.46. The number of carbonyl (C=O) groups excluding carboxylic acids is 1. The first-order chi connectivity index (χ1) is 14.1. The van der Waals surface area contributed by atoms with Gasteiger partial charge in [-0.15, -0.1) is 0 Å². The van der Waals surface area contributed by atoms with E-state index < -0.39 is 40.7 Å². The lowest BCUT2D eigenvalue weighted by Gasteiger charge is -2.37. The van der Waals surface area contributed by atoms with Gasteiger partial charge in [-0.2, -0.15) is 0 Å². The highest BCUT2D eigenvalue weighted by molar-refractivity contribution is 7.80. The molecule has 0 atom stereocenters. The lowest BCUT2D eigenvalue weighted by Crippen LogP contribution is -2.53. The Morgan fingerprint density at radius 1 is 0.967 bits per heavy atom. The number of thiocarbonyl (C=S) groups is 1. The molecule has 11 heteroatoms. The number of nitrogens with one attached hydrogen (secondary N) is 1.